The van der Waals surface area contributed by atoms with E-state index >= 15 is 0 Å². The van der Waals surface area contributed by atoms with Crippen molar-refractivity contribution in [1.82, 2.24) is 9.47 Å². The van der Waals surface area contributed by atoms with E-state index in [1.54, 1.807) is 19.2 Å². The second-order valence-corrected chi connectivity index (χ2v) is 6.51. The molecule has 1 aliphatic rings. The van der Waals surface area contributed by atoms with Gasteiger partial charge in [0.1, 0.15) is 12.4 Å². The minimum absolute atomic E-state index is 0.0135. The van der Waals surface area contributed by atoms with Gasteiger partial charge in [-0.2, -0.15) is 0 Å². The normalized spacial score (nSPS) is 16.1. The molecule has 1 aromatic carbocycles. The maximum atomic E-state index is 12.9. The van der Waals surface area contributed by atoms with Gasteiger partial charge in [0.25, 0.3) is 5.91 Å². The monoisotopic (exact) mass is 366 g/mol. The molecule has 0 fully saturated rings. The molecule has 2 aromatic heterocycles. The van der Waals surface area contributed by atoms with E-state index in [1.807, 2.05) is 48.4 Å². The number of hydrogen-bond acceptors (Lipinski definition) is 4. The van der Waals surface area contributed by atoms with Gasteiger partial charge >= 0.3 is 0 Å². The highest BCUT2D eigenvalue weighted by molar-refractivity contribution is 5.91. The molecule has 4 rings (SSSR count). The van der Waals surface area contributed by atoms with Crippen molar-refractivity contribution in [3.05, 3.63) is 71.9 Å². The van der Waals surface area contributed by atoms with Gasteiger partial charge in [0, 0.05) is 25.0 Å². The second kappa shape index (κ2) is 7.23. The number of amides is 1. The average Bonchev–Trinajstić information content (AvgIpc) is 3.36. The third-order valence-corrected chi connectivity index (χ3v) is 4.91. The number of benzene rings is 1. The van der Waals surface area contributed by atoms with Crippen molar-refractivity contribution in [1.29, 1.82) is 0 Å². The lowest BCUT2D eigenvalue weighted by Gasteiger charge is -2.34. The average molecular weight is 366 g/mol. The number of aromatic nitrogens is 1. The van der Waals surface area contributed by atoms with E-state index in [-0.39, 0.29) is 18.6 Å². The Morgan fingerprint density at radius 1 is 1.11 bits per heavy atom. The number of fused-ring (bicyclic) bond motifs is 1. The summed E-state index contributed by atoms with van der Waals surface area (Å²) in [5, 5.41) is 0. The fourth-order valence-corrected chi connectivity index (χ4v) is 3.46. The van der Waals surface area contributed by atoms with E-state index in [9.17, 15) is 4.79 Å². The Hall–Kier alpha value is -3.15. The maximum Gasteiger partial charge on any atom is 0.290 e. The summed E-state index contributed by atoms with van der Waals surface area (Å²) in [5.41, 5.74) is 1.14. The van der Waals surface area contributed by atoms with Crippen LogP contribution in [0.5, 0.6) is 11.5 Å². The third-order valence-electron chi connectivity index (χ3n) is 4.91. The summed E-state index contributed by atoms with van der Waals surface area (Å²) in [5.74, 6) is 2.12. The predicted octanol–water partition coefficient (Wildman–Crippen LogP) is 3.89. The predicted molar refractivity (Wildman–Crippen MR) is 99.9 cm³/mol. The quantitative estimate of drug-likeness (QED) is 0.687. The van der Waals surface area contributed by atoms with Crippen LogP contribution in [0.25, 0.3) is 0 Å². The van der Waals surface area contributed by atoms with E-state index in [2.05, 4.69) is 10.6 Å². The Morgan fingerprint density at radius 2 is 1.93 bits per heavy atom. The molecule has 0 N–H and O–H groups in total. The number of ether oxygens (including phenoxy) is 2. The standard InChI is InChI=1S/C21H22N2O4/c1-15-17-6-5-11-22(17)12-13-23(15)21(24)20-10-9-16(27-20)14-26-19-8-4-3-7-18(19)25-2/h3-11,15H,12-14H2,1-2H3. The summed E-state index contributed by atoms with van der Waals surface area (Å²) < 4.78 is 19.0. The Labute approximate surface area is 157 Å². The molecule has 1 atom stereocenters. The first kappa shape index (κ1) is 17.3. The number of furan rings is 1. The van der Waals surface area contributed by atoms with Gasteiger partial charge in [-0.05, 0) is 43.3 Å². The van der Waals surface area contributed by atoms with Gasteiger partial charge in [-0.15, -0.1) is 0 Å². The molecule has 27 heavy (non-hydrogen) atoms. The first-order chi connectivity index (χ1) is 13.2. The van der Waals surface area contributed by atoms with E-state index in [0.717, 1.165) is 12.2 Å². The molecular formula is C21H22N2O4. The summed E-state index contributed by atoms with van der Waals surface area (Å²) in [4.78, 5) is 14.7. The lowest BCUT2D eigenvalue weighted by atomic mass is 10.1. The highest BCUT2D eigenvalue weighted by atomic mass is 16.5. The molecule has 1 aliphatic heterocycles. The fraction of sp³-hybridized carbons (Fsp3) is 0.286. The number of methoxy groups -OCH3 is 1. The number of hydrogen-bond donors (Lipinski definition) is 0. The first-order valence-corrected chi connectivity index (χ1v) is 8.98. The summed E-state index contributed by atoms with van der Waals surface area (Å²) in [6.07, 6.45) is 2.05. The maximum absolute atomic E-state index is 12.9. The molecule has 3 aromatic rings. The van der Waals surface area contributed by atoms with Gasteiger partial charge in [0.05, 0.1) is 13.2 Å². The summed E-state index contributed by atoms with van der Waals surface area (Å²) >= 11 is 0. The molecule has 1 amide bonds. The zero-order valence-corrected chi connectivity index (χ0v) is 15.4. The van der Waals surface area contributed by atoms with Crippen LogP contribution in [0.1, 0.15) is 35.0 Å². The number of para-hydroxylation sites is 2. The van der Waals surface area contributed by atoms with Gasteiger partial charge < -0.3 is 23.4 Å². The second-order valence-electron chi connectivity index (χ2n) is 6.51. The van der Waals surface area contributed by atoms with Crippen molar-refractivity contribution in [2.24, 2.45) is 0 Å². The Balaban J connectivity index is 1.44. The van der Waals surface area contributed by atoms with Crippen LogP contribution in [-0.2, 0) is 13.2 Å². The summed E-state index contributed by atoms with van der Waals surface area (Å²) in [6.45, 7) is 3.72. The smallest absolute Gasteiger partial charge is 0.290 e. The number of nitrogens with zero attached hydrogens (tertiary/aromatic N) is 2. The van der Waals surface area contributed by atoms with Crippen molar-refractivity contribution in [2.75, 3.05) is 13.7 Å². The van der Waals surface area contributed by atoms with Crippen molar-refractivity contribution in [3.8, 4) is 11.5 Å². The zero-order chi connectivity index (χ0) is 18.8. The number of carbonyl (C=O) groups excluding carboxylic acids is 1. The number of rotatable bonds is 5. The molecule has 3 heterocycles. The molecular weight excluding hydrogens is 344 g/mol. The van der Waals surface area contributed by atoms with Crippen LogP contribution in [-0.4, -0.2) is 29.0 Å². The van der Waals surface area contributed by atoms with Crippen LogP contribution in [0.4, 0.5) is 0 Å². The Kier molecular flexibility index (Phi) is 4.62. The van der Waals surface area contributed by atoms with Gasteiger partial charge in [-0.3, -0.25) is 4.79 Å². The lowest BCUT2D eigenvalue weighted by Crippen LogP contribution is -2.40. The molecule has 0 aliphatic carbocycles. The Morgan fingerprint density at radius 3 is 2.74 bits per heavy atom. The van der Waals surface area contributed by atoms with Crippen molar-refractivity contribution < 1.29 is 18.7 Å². The molecule has 0 radical (unpaired) electrons. The van der Waals surface area contributed by atoms with Crippen LogP contribution in [0, 0.1) is 0 Å². The van der Waals surface area contributed by atoms with Gasteiger partial charge in [0.2, 0.25) is 0 Å². The Bertz CT molecular complexity index is 943. The molecule has 0 spiro atoms. The molecule has 0 saturated carbocycles. The summed E-state index contributed by atoms with van der Waals surface area (Å²) in [7, 11) is 1.60. The van der Waals surface area contributed by atoms with Gasteiger partial charge in [0.15, 0.2) is 17.3 Å². The van der Waals surface area contributed by atoms with E-state index in [1.165, 1.54) is 0 Å². The lowest BCUT2D eigenvalue weighted by molar-refractivity contribution is 0.0607. The molecule has 1 unspecified atom stereocenters. The highest BCUT2D eigenvalue weighted by Gasteiger charge is 2.29. The van der Waals surface area contributed by atoms with Crippen molar-refractivity contribution in [3.63, 3.8) is 0 Å². The molecule has 6 nitrogen and oxygen atoms in total. The van der Waals surface area contributed by atoms with Gasteiger partial charge in [-0.25, -0.2) is 0 Å². The third kappa shape index (κ3) is 3.30. The minimum Gasteiger partial charge on any atom is -0.493 e. The van der Waals surface area contributed by atoms with Gasteiger partial charge in [-0.1, -0.05) is 12.1 Å². The van der Waals surface area contributed by atoms with Crippen LogP contribution < -0.4 is 9.47 Å². The van der Waals surface area contributed by atoms with E-state index in [4.69, 9.17) is 13.9 Å². The van der Waals surface area contributed by atoms with Crippen LogP contribution >= 0.6 is 0 Å². The fourth-order valence-electron chi connectivity index (χ4n) is 3.46. The van der Waals surface area contributed by atoms with Crippen molar-refractivity contribution in [2.45, 2.75) is 26.1 Å². The van der Waals surface area contributed by atoms with E-state index in [0.29, 0.717) is 29.6 Å². The molecule has 6 heteroatoms. The zero-order valence-electron chi connectivity index (χ0n) is 15.4. The van der Waals surface area contributed by atoms with Crippen molar-refractivity contribution >= 4 is 5.91 Å². The topological polar surface area (TPSA) is 56.8 Å². The molecule has 140 valence electrons. The molecule has 0 saturated heterocycles. The minimum atomic E-state index is -0.0986. The molecule has 0 bridgehead atoms. The highest BCUT2D eigenvalue weighted by Crippen LogP contribution is 2.29. The van der Waals surface area contributed by atoms with E-state index < -0.39 is 0 Å². The SMILES string of the molecule is COc1ccccc1OCc1ccc(C(=O)N2CCn3cccc3C2C)o1. The van der Waals surface area contributed by atoms with Crippen LogP contribution in [0.3, 0.4) is 0 Å². The summed E-state index contributed by atoms with van der Waals surface area (Å²) in [6, 6.07) is 15.0. The first-order valence-electron chi connectivity index (χ1n) is 8.98. The largest absolute Gasteiger partial charge is 0.493 e. The van der Waals surface area contributed by atoms with Crippen LogP contribution in [0.15, 0.2) is 59.1 Å². The number of carbonyl (C=O) groups is 1. The van der Waals surface area contributed by atoms with Crippen LogP contribution in [0.2, 0.25) is 0 Å².